The highest BCUT2D eigenvalue weighted by molar-refractivity contribution is 8.02. The fourth-order valence-electron chi connectivity index (χ4n) is 0.142. The molecule has 0 radical (unpaired) electrons. The van der Waals surface area contributed by atoms with E-state index in [0.29, 0.717) is 0 Å². The van der Waals surface area contributed by atoms with Gasteiger partial charge in [0.25, 0.3) is 0 Å². The zero-order valence-electron chi connectivity index (χ0n) is 3.90. The lowest BCUT2D eigenvalue weighted by molar-refractivity contribution is 1.54. The van der Waals surface area contributed by atoms with Gasteiger partial charge in [-0.3, -0.25) is 0 Å². The maximum absolute atomic E-state index is 3.40. The molecule has 0 aromatic heterocycles. The predicted molar refractivity (Wildman–Crippen MR) is 31.8 cm³/mol. The molecule has 0 aromatic carbocycles. The molecule has 0 atom stereocenters. The normalized spacial score (nSPS) is 6.83. The molecule has 0 aliphatic carbocycles. The number of thioether (sulfide) groups is 1. The maximum atomic E-state index is 3.40. The third kappa shape index (κ3) is 3.87. The summed E-state index contributed by atoms with van der Waals surface area (Å²) in [5, 5.41) is 1.86. The Morgan fingerprint density at radius 2 is 2.67 bits per heavy atom. The third-order valence-corrected chi connectivity index (χ3v) is 1.00. The molecule has 34 valence electrons. The van der Waals surface area contributed by atoms with Crippen LogP contribution in [0.1, 0.15) is 6.92 Å². The summed E-state index contributed by atoms with van der Waals surface area (Å²) in [5.74, 6) is 1.11. The minimum absolute atomic E-state index is 1.11. The van der Waals surface area contributed by atoms with Gasteiger partial charge in [0.1, 0.15) is 0 Å². The van der Waals surface area contributed by atoms with E-state index in [1.807, 2.05) is 5.41 Å². The van der Waals surface area contributed by atoms with Crippen molar-refractivity contribution in [3.05, 3.63) is 17.7 Å². The van der Waals surface area contributed by atoms with E-state index >= 15 is 0 Å². The van der Waals surface area contributed by atoms with E-state index in [0.717, 1.165) is 5.75 Å². The highest BCUT2D eigenvalue weighted by atomic mass is 32.2. The zero-order chi connectivity index (χ0) is 4.83. The standard InChI is InChI=1S/C5H8S/c1-3-5-6-4-2/h5H,1,4H2,2H3. The van der Waals surface area contributed by atoms with Gasteiger partial charge in [0.2, 0.25) is 0 Å². The highest BCUT2D eigenvalue weighted by Gasteiger charge is 1.63. The molecule has 0 nitrogen and oxygen atoms in total. The Labute approximate surface area is 42.9 Å². The van der Waals surface area contributed by atoms with Gasteiger partial charge in [0, 0.05) is 5.41 Å². The molecular formula is C5H8S. The van der Waals surface area contributed by atoms with Crippen LogP contribution in [0, 0.1) is 0 Å². The Morgan fingerprint density at radius 1 is 2.00 bits per heavy atom. The van der Waals surface area contributed by atoms with E-state index in [1.54, 1.807) is 11.8 Å². The summed E-state index contributed by atoms with van der Waals surface area (Å²) in [6.45, 7) is 5.49. The molecule has 0 aromatic rings. The first kappa shape index (κ1) is 5.87. The Hall–Kier alpha value is -0.130. The third-order valence-electron chi connectivity index (χ3n) is 0.333. The molecule has 0 heterocycles. The van der Waals surface area contributed by atoms with Crippen LogP contribution < -0.4 is 0 Å². The van der Waals surface area contributed by atoms with Gasteiger partial charge in [-0.2, -0.15) is 0 Å². The lowest BCUT2D eigenvalue weighted by atomic mass is 11.0. The molecule has 0 saturated heterocycles. The van der Waals surface area contributed by atoms with E-state index in [9.17, 15) is 0 Å². The van der Waals surface area contributed by atoms with E-state index in [-0.39, 0.29) is 0 Å². The van der Waals surface area contributed by atoms with E-state index in [4.69, 9.17) is 0 Å². The fraction of sp³-hybridized carbons (Fsp3) is 0.400. The summed E-state index contributed by atoms with van der Waals surface area (Å²) in [6, 6.07) is 0. The number of rotatable bonds is 2. The van der Waals surface area contributed by atoms with Gasteiger partial charge in [0.05, 0.1) is 0 Å². The predicted octanol–water partition coefficient (Wildman–Crippen LogP) is 2.04. The van der Waals surface area contributed by atoms with Gasteiger partial charge in [-0.1, -0.05) is 13.5 Å². The van der Waals surface area contributed by atoms with Crippen molar-refractivity contribution >= 4 is 11.8 Å². The van der Waals surface area contributed by atoms with Crippen molar-refractivity contribution < 1.29 is 0 Å². The van der Waals surface area contributed by atoms with Crippen LogP contribution in [-0.2, 0) is 0 Å². The van der Waals surface area contributed by atoms with Gasteiger partial charge < -0.3 is 0 Å². The second-order valence-corrected chi connectivity index (χ2v) is 1.92. The van der Waals surface area contributed by atoms with Crippen molar-refractivity contribution in [2.45, 2.75) is 6.92 Å². The zero-order valence-corrected chi connectivity index (χ0v) is 4.72. The fourth-order valence-corrected chi connectivity index (χ4v) is 0.427. The van der Waals surface area contributed by atoms with Crippen LogP contribution in [0.4, 0.5) is 0 Å². The first-order chi connectivity index (χ1) is 2.91. The molecule has 0 rings (SSSR count). The summed E-state index contributed by atoms with van der Waals surface area (Å²) in [6.07, 6.45) is 0. The van der Waals surface area contributed by atoms with E-state index in [2.05, 4.69) is 19.2 Å². The number of hydrogen-bond acceptors (Lipinski definition) is 1. The van der Waals surface area contributed by atoms with Crippen LogP contribution in [0.25, 0.3) is 0 Å². The van der Waals surface area contributed by atoms with Crippen molar-refractivity contribution in [3.63, 3.8) is 0 Å². The molecule has 0 fully saturated rings. The Morgan fingerprint density at radius 3 is 2.83 bits per heavy atom. The molecule has 0 N–H and O–H groups in total. The molecule has 0 unspecified atom stereocenters. The Balaban J connectivity index is 2.86. The molecule has 0 aliphatic rings. The topological polar surface area (TPSA) is 0 Å². The molecule has 0 aliphatic heterocycles. The van der Waals surface area contributed by atoms with Crippen LogP contribution in [0.15, 0.2) is 17.7 Å². The number of hydrogen-bond donors (Lipinski definition) is 0. The lowest BCUT2D eigenvalue weighted by Gasteiger charge is -1.74. The first-order valence-corrected chi connectivity index (χ1v) is 2.92. The van der Waals surface area contributed by atoms with Gasteiger partial charge >= 0.3 is 0 Å². The van der Waals surface area contributed by atoms with E-state index < -0.39 is 0 Å². The highest BCUT2D eigenvalue weighted by Crippen LogP contribution is 1.95. The summed E-state index contributed by atoms with van der Waals surface area (Å²) >= 11 is 1.71. The van der Waals surface area contributed by atoms with Crippen LogP contribution in [-0.4, -0.2) is 5.75 Å². The quantitative estimate of drug-likeness (QED) is 0.478. The molecule has 0 amide bonds. The summed E-state index contributed by atoms with van der Waals surface area (Å²) < 4.78 is 0. The largest absolute Gasteiger partial charge is 0.126 e. The minimum Gasteiger partial charge on any atom is -0.126 e. The van der Waals surface area contributed by atoms with Crippen molar-refractivity contribution in [3.8, 4) is 0 Å². The van der Waals surface area contributed by atoms with E-state index in [1.165, 1.54) is 0 Å². The van der Waals surface area contributed by atoms with Crippen LogP contribution >= 0.6 is 11.8 Å². The average Bonchev–Trinajstić information content (AvgIpc) is 1.61. The van der Waals surface area contributed by atoms with Crippen LogP contribution in [0.3, 0.4) is 0 Å². The monoisotopic (exact) mass is 100 g/mol. The summed E-state index contributed by atoms with van der Waals surface area (Å²) in [4.78, 5) is 0. The van der Waals surface area contributed by atoms with Gasteiger partial charge in [0.15, 0.2) is 0 Å². The summed E-state index contributed by atoms with van der Waals surface area (Å²) in [7, 11) is 0. The summed E-state index contributed by atoms with van der Waals surface area (Å²) in [5.41, 5.74) is 2.66. The SMILES string of the molecule is C=C=CSCC. The second kappa shape index (κ2) is 4.87. The minimum atomic E-state index is 1.11. The molecule has 0 bridgehead atoms. The van der Waals surface area contributed by atoms with Crippen molar-refractivity contribution in [1.82, 2.24) is 0 Å². The second-order valence-electron chi connectivity index (χ2n) is 0.777. The molecule has 0 spiro atoms. The van der Waals surface area contributed by atoms with Gasteiger partial charge in [-0.15, -0.1) is 17.5 Å². The molecule has 1 heteroatoms. The van der Waals surface area contributed by atoms with Crippen molar-refractivity contribution in [2.24, 2.45) is 0 Å². The molecule has 0 saturated carbocycles. The average molecular weight is 100 g/mol. The van der Waals surface area contributed by atoms with Gasteiger partial charge in [-0.25, -0.2) is 0 Å². The smallest absolute Gasteiger partial charge is 0.0122 e. The Bertz CT molecular complexity index is 60.3. The molecular weight excluding hydrogens is 92.1 g/mol. The molecule has 6 heavy (non-hydrogen) atoms. The Kier molecular flexibility index (Phi) is 4.76. The lowest BCUT2D eigenvalue weighted by Crippen LogP contribution is -1.52. The van der Waals surface area contributed by atoms with Gasteiger partial charge in [-0.05, 0) is 5.75 Å². The van der Waals surface area contributed by atoms with Crippen molar-refractivity contribution in [2.75, 3.05) is 5.75 Å². The maximum Gasteiger partial charge on any atom is 0.0122 e. The van der Waals surface area contributed by atoms with Crippen molar-refractivity contribution in [1.29, 1.82) is 0 Å². The van der Waals surface area contributed by atoms with Crippen LogP contribution in [0.5, 0.6) is 0 Å². The van der Waals surface area contributed by atoms with Crippen LogP contribution in [0.2, 0.25) is 0 Å². The first-order valence-electron chi connectivity index (χ1n) is 1.87.